The van der Waals surface area contributed by atoms with Gasteiger partial charge in [-0.25, -0.2) is 9.07 Å². The molecule has 35 heavy (non-hydrogen) atoms. The number of amides is 1. The molecule has 0 bridgehead atoms. The minimum absolute atomic E-state index is 0.0336. The molecule has 8 nitrogen and oxygen atoms in total. The molecule has 1 aliphatic heterocycles. The summed E-state index contributed by atoms with van der Waals surface area (Å²) in [5.74, 6) is -0.976. The monoisotopic (exact) mass is 493 g/mol. The number of nitrogens with zero attached hydrogens (tertiary/aromatic N) is 4. The van der Waals surface area contributed by atoms with Gasteiger partial charge in [-0.05, 0) is 42.0 Å². The molecule has 0 spiro atoms. The Morgan fingerprint density at radius 3 is 2.37 bits per heavy atom. The van der Waals surface area contributed by atoms with Gasteiger partial charge in [-0.3, -0.25) is 9.69 Å². The van der Waals surface area contributed by atoms with Gasteiger partial charge in [0.1, 0.15) is 11.6 Å². The van der Waals surface area contributed by atoms with Crippen molar-refractivity contribution in [2.45, 2.75) is 12.2 Å². The summed E-state index contributed by atoms with van der Waals surface area (Å²) in [6.45, 7) is 2.24. The molecule has 0 aliphatic carbocycles. The Morgan fingerprint density at radius 1 is 1.11 bits per heavy atom. The number of rotatable bonds is 7. The van der Waals surface area contributed by atoms with Crippen LogP contribution in [0.2, 0.25) is 0 Å². The zero-order valence-corrected chi connectivity index (χ0v) is 18.8. The summed E-state index contributed by atoms with van der Waals surface area (Å²) in [5, 5.41) is 9.61. The van der Waals surface area contributed by atoms with E-state index in [2.05, 4.69) is 20.5 Å². The normalized spacial score (nSPS) is 15.6. The van der Waals surface area contributed by atoms with Gasteiger partial charge in [0.25, 0.3) is 5.91 Å². The molecular weight excluding hydrogens is 470 g/mol. The minimum Gasteiger partial charge on any atom is -0.497 e. The third kappa shape index (κ3) is 5.60. The van der Waals surface area contributed by atoms with Gasteiger partial charge in [0, 0.05) is 19.6 Å². The van der Waals surface area contributed by atoms with Crippen molar-refractivity contribution in [1.82, 2.24) is 25.2 Å². The molecule has 186 valence electrons. The third-order valence-corrected chi connectivity index (χ3v) is 5.67. The molecule has 1 amide bonds. The predicted molar refractivity (Wildman–Crippen MR) is 117 cm³/mol. The summed E-state index contributed by atoms with van der Waals surface area (Å²) < 4.78 is 66.0. The topological polar surface area (TPSA) is 81.5 Å². The van der Waals surface area contributed by atoms with Crippen LogP contribution in [0.3, 0.4) is 0 Å². The minimum atomic E-state index is -4.93. The lowest BCUT2D eigenvalue weighted by Crippen LogP contribution is -2.44. The molecule has 4 rings (SSSR count). The molecule has 0 radical (unpaired) electrons. The van der Waals surface area contributed by atoms with Crippen LogP contribution in [0.15, 0.2) is 48.5 Å². The number of ether oxygens (including phenoxy) is 2. The average molecular weight is 493 g/mol. The second-order valence-electron chi connectivity index (χ2n) is 7.82. The highest BCUT2D eigenvalue weighted by molar-refractivity contribution is 5.93. The van der Waals surface area contributed by atoms with Crippen molar-refractivity contribution in [3.8, 4) is 11.4 Å². The lowest BCUT2D eigenvalue weighted by atomic mass is 10.0. The first-order chi connectivity index (χ1) is 16.8. The Hall–Kier alpha value is -3.51. The first kappa shape index (κ1) is 24.6. The van der Waals surface area contributed by atoms with Crippen LogP contribution in [0.1, 0.15) is 27.8 Å². The fourth-order valence-corrected chi connectivity index (χ4v) is 3.90. The Morgan fingerprint density at radius 2 is 1.77 bits per heavy atom. The summed E-state index contributed by atoms with van der Waals surface area (Å²) in [6.07, 6.45) is -4.93. The van der Waals surface area contributed by atoms with Gasteiger partial charge in [0.05, 0.1) is 32.1 Å². The zero-order valence-electron chi connectivity index (χ0n) is 18.8. The summed E-state index contributed by atoms with van der Waals surface area (Å²) in [4.78, 5) is 15.0. The maximum atomic E-state index is 13.9. The van der Waals surface area contributed by atoms with E-state index < -0.39 is 29.3 Å². The van der Waals surface area contributed by atoms with Crippen molar-refractivity contribution in [2.75, 3.05) is 40.0 Å². The van der Waals surface area contributed by atoms with Gasteiger partial charge in [0.15, 0.2) is 11.4 Å². The molecule has 3 aromatic rings. The SMILES string of the molecule is COc1ccc(C(CNC(=O)c2nnn(-c3ccc(F)cc3)c2C(F)(F)F)N2CCOCC2)cc1. The molecule has 1 saturated heterocycles. The van der Waals surface area contributed by atoms with Gasteiger partial charge in [-0.15, -0.1) is 5.10 Å². The molecule has 1 aliphatic rings. The number of aromatic nitrogens is 3. The van der Waals surface area contributed by atoms with E-state index in [-0.39, 0.29) is 18.3 Å². The number of nitrogens with one attached hydrogen (secondary N) is 1. The summed E-state index contributed by atoms with van der Waals surface area (Å²) in [6, 6.07) is 11.2. The number of carbonyl (C=O) groups excluding carboxylic acids is 1. The molecule has 1 N–H and O–H groups in total. The van der Waals surface area contributed by atoms with Gasteiger partial charge >= 0.3 is 6.18 Å². The Balaban J connectivity index is 1.59. The van der Waals surface area contributed by atoms with E-state index in [1.807, 2.05) is 12.1 Å². The van der Waals surface area contributed by atoms with Gasteiger partial charge in [-0.2, -0.15) is 13.2 Å². The van der Waals surface area contributed by atoms with Crippen LogP contribution in [0, 0.1) is 5.82 Å². The second-order valence-corrected chi connectivity index (χ2v) is 7.82. The molecule has 1 atom stereocenters. The van der Waals surface area contributed by atoms with E-state index in [1.165, 1.54) is 0 Å². The summed E-state index contributed by atoms with van der Waals surface area (Å²) in [7, 11) is 1.55. The number of hydrogen-bond acceptors (Lipinski definition) is 6. The highest BCUT2D eigenvalue weighted by Gasteiger charge is 2.42. The fraction of sp³-hybridized carbons (Fsp3) is 0.348. The number of methoxy groups -OCH3 is 1. The first-order valence-corrected chi connectivity index (χ1v) is 10.8. The van der Waals surface area contributed by atoms with E-state index in [0.717, 1.165) is 29.8 Å². The molecule has 12 heteroatoms. The van der Waals surface area contributed by atoms with E-state index in [0.29, 0.717) is 36.7 Å². The van der Waals surface area contributed by atoms with Crippen LogP contribution < -0.4 is 10.1 Å². The molecular formula is C23H23F4N5O3. The number of carbonyl (C=O) groups is 1. The standard InChI is InChI=1S/C23H23F4N5O3/c1-34-18-8-2-15(3-9-18)19(31-10-12-35-13-11-31)14-28-22(33)20-21(23(25,26)27)32(30-29-20)17-6-4-16(24)5-7-17/h2-9,19H,10-14H2,1H3,(H,28,33). The Labute approximate surface area is 198 Å². The number of benzene rings is 2. The van der Waals surface area contributed by atoms with Crippen LogP contribution in [-0.4, -0.2) is 65.8 Å². The summed E-state index contributed by atoms with van der Waals surface area (Å²) in [5.41, 5.74) is -1.42. The number of alkyl halides is 3. The van der Waals surface area contributed by atoms with Gasteiger partial charge < -0.3 is 14.8 Å². The fourth-order valence-electron chi connectivity index (χ4n) is 3.90. The Bertz CT molecular complexity index is 1140. The van der Waals surface area contributed by atoms with Gasteiger partial charge in [-0.1, -0.05) is 17.3 Å². The van der Waals surface area contributed by atoms with Crippen LogP contribution in [0.5, 0.6) is 5.75 Å². The smallest absolute Gasteiger partial charge is 0.435 e. The van der Waals surface area contributed by atoms with E-state index in [4.69, 9.17) is 9.47 Å². The quantitative estimate of drug-likeness (QED) is 0.509. The van der Waals surface area contributed by atoms with Crippen molar-refractivity contribution in [3.63, 3.8) is 0 Å². The van der Waals surface area contributed by atoms with Crippen LogP contribution in [0.4, 0.5) is 17.6 Å². The number of morpholine rings is 1. The number of hydrogen-bond donors (Lipinski definition) is 1. The Kier molecular flexibility index (Phi) is 7.31. The first-order valence-electron chi connectivity index (χ1n) is 10.8. The van der Waals surface area contributed by atoms with Crippen molar-refractivity contribution >= 4 is 5.91 Å². The van der Waals surface area contributed by atoms with E-state index >= 15 is 0 Å². The van der Waals surface area contributed by atoms with Crippen molar-refractivity contribution < 1.29 is 31.8 Å². The lowest BCUT2D eigenvalue weighted by molar-refractivity contribution is -0.143. The highest BCUT2D eigenvalue weighted by atomic mass is 19.4. The molecule has 1 aromatic heterocycles. The molecule has 1 unspecified atom stereocenters. The highest BCUT2D eigenvalue weighted by Crippen LogP contribution is 2.33. The van der Waals surface area contributed by atoms with Crippen LogP contribution >= 0.6 is 0 Å². The largest absolute Gasteiger partial charge is 0.497 e. The zero-order chi connectivity index (χ0) is 25.0. The van der Waals surface area contributed by atoms with Crippen LogP contribution in [0.25, 0.3) is 5.69 Å². The maximum absolute atomic E-state index is 13.9. The molecule has 2 heterocycles. The molecule has 2 aromatic carbocycles. The van der Waals surface area contributed by atoms with Crippen molar-refractivity contribution in [3.05, 3.63) is 71.3 Å². The molecule has 0 saturated carbocycles. The van der Waals surface area contributed by atoms with E-state index in [9.17, 15) is 22.4 Å². The van der Waals surface area contributed by atoms with E-state index in [1.54, 1.807) is 19.2 Å². The lowest BCUT2D eigenvalue weighted by Gasteiger charge is -2.35. The third-order valence-electron chi connectivity index (χ3n) is 5.67. The molecule has 1 fully saturated rings. The van der Waals surface area contributed by atoms with Gasteiger partial charge in [0.2, 0.25) is 0 Å². The van der Waals surface area contributed by atoms with Crippen LogP contribution in [-0.2, 0) is 10.9 Å². The average Bonchev–Trinajstić information content (AvgIpc) is 3.32. The predicted octanol–water partition coefficient (Wildman–Crippen LogP) is 3.24. The van der Waals surface area contributed by atoms with Crippen molar-refractivity contribution in [2.24, 2.45) is 0 Å². The summed E-state index contributed by atoms with van der Waals surface area (Å²) >= 11 is 0. The van der Waals surface area contributed by atoms with Crippen molar-refractivity contribution in [1.29, 1.82) is 0 Å². The maximum Gasteiger partial charge on any atom is 0.435 e. The number of halogens is 4. The second kappa shape index (κ2) is 10.4.